The van der Waals surface area contributed by atoms with Gasteiger partial charge in [0, 0.05) is 0 Å². The van der Waals surface area contributed by atoms with E-state index in [0.29, 0.717) is 17.5 Å². The van der Waals surface area contributed by atoms with Gasteiger partial charge >= 0.3 is 74.2 Å². The second-order valence-electron chi connectivity index (χ2n) is 17.7. The van der Waals surface area contributed by atoms with Gasteiger partial charge in [-0.05, 0) is 82.1 Å². The van der Waals surface area contributed by atoms with Crippen molar-refractivity contribution in [3.63, 3.8) is 0 Å². The second kappa shape index (κ2) is 24.8. The molecule has 0 aromatic heterocycles. The van der Waals surface area contributed by atoms with Crippen molar-refractivity contribution < 1.29 is 87.2 Å². The molecule has 380 valence electrons. The number of rotatable bonds is 7. The molecule has 0 radical (unpaired) electrons. The molecular formula is C51H58F12NO3PW. The number of aliphatic hydroxyl groups is 3. The summed E-state index contributed by atoms with van der Waals surface area (Å²) >= 11 is 1.44. The summed E-state index contributed by atoms with van der Waals surface area (Å²) in [5, 5.41) is 35.5. The van der Waals surface area contributed by atoms with Crippen LogP contribution in [0.3, 0.4) is 0 Å². The number of alkyl halides is 12. The zero-order chi connectivity index (χ0) is 53.7. The van der Waals surface area contributed by atoms with Crippen molar-refractivity contribution in [1.82, 2.24) is 0 Å². The summed E-state index contributed by atoms with van der Waals surface area (Å²) in [6.45, 7) is 20.1. The summed E-state index contributed by atoms with van der Waals surface area (Å²) in [7, 11) is -1.53. The quantitative estimate of drug-likeness (QED) is 0.0864. The van der Waals surface area contributed by atoms with Gasteiger partial charge in [-0.15, -0.1) is 11.4 Å². The maximum absolute atomic E-state index is 13.4. The fourth-order valence-electron chi connectivity index (χ4n) is 5.76. The van der Waals surface area contributed by atoms with E-state index in [2.05, 4.69) is 128 Å². The minimum absolute atomic E-state index is 0.188. The molecule has 0 unspecified atom stereocenters. The van der Waals surface area contributed by atoms with Crippen LogP contribution in [-0.2, 0) is 30.4 Å². The van der Waals surface area contributed by atoms with Gasteiger partial charge in [-0.1, -0.05) is 102 Å². The van der Waals surface area contributed by atoms with Gasteiger partial charge in [-0.3, -0.25) is 0 Å². The van der Waals surface area contributed by atoms with Gasteiger partial charge in [-0.2, -0.15) is 66.5 Å². The van der Waals surface area contributed by atoms with Crippen LogP contribution >= 0.6 is 7.26 Å². The van der Waals surface area contributed by atoms with Crippen LogP contribution in [0.25, 0.3) is 5.32 Å². The molecule has 0 saturated carbocycles. The van der Waals surface area contributed by atoms with E-state index in [9.17, 15) is 62.9 Å². The minimum Gasteiger partial charge on any atom is -0.657 e. The van der Waals surface area contributed by atoms with E-state index in [-0.39, 0.29) is 23.3 Å². The summed E-state index contributed by atoms with van der Waals surface area (Å²) in [6, 6.07) is 35.6. The van der Waals surface area contributed by atoms with Gasteiger partial charge in [0.1, 0.15) is 23.2 Å². The molecule has 4 nitrogen and oxygen atoms in total. The normalized spacial score (nSPS) is 12.5. The van der Waals surface area contributed by atoms with E-state index < -0.39 is 71.3 Å². The second-order valence-corrected chi connectivity index (χ2v) is 22.0. The number of benzene rings is 5. The zero-order valence-electron chi connectivity index (χ0n) is 39.9. The Hall–Kier alpha value is -4.16. The summed E-state index contributed by atoms with van der Waals surface area (Å²) < 4.78 is 164. The van der Waals surface area contributed by atoms with Crippen molar-refractivity contribution in [2.75, 3.05) is 6.66 Å². The fraction of sp³-hybridized carbons (Fsp3) is 0.373. The fourth-order valence-corrected chi connectivity index (χ4v) is 8.96. The van der Waals surface area contributed by atoms with Crippen LogP contribution < -0.4 is 15.9 Å². The molecule has 5 aromatic carbocycles. The Morgan fingerprint density at radius 2 is 0.696 bits per heavy atom. The molecule has 0 heterocycles. The first-order valence-electron chi connectivity index (χ1n) is 20.8. The van der Waals surface area contributed by atoms with Crippen molar-refractivity contribution in [3.8, 4) is 4.20 Å². The van der Waals surface area contributed by atoms with E-state index in [1.165, 1.54) is 35.1 Å². The van der Waals surface area contributed by atoms with Gasteiger partial charge in [0.2, 0.25) is 0 Å². The first kappa shape index (κ1) is 62.9. The van der Waals surface area contributed by atoms with E-state index in [4.69, 9.17) is 5.11 Å². The van der Waals surface area contributed by atoms with Gasteiger partial charge in [-0.25, -0.2) is 0 Å². The molecule has 0 fully saturated rings. The topological polar surface area (TPSA) is 74.8 Å². The third kappa shape index (κ3) is 17.3. The Labute approximate surface area is 408 Å². The van der Waals surface area contributed by atoms with E-state index >= 15 is 0 Å². The number of aryl methyl sites for hydroxylation is 2. The van der Waals surface area contributed by atoms with Gasteiger partial charge in [0.15, 0.2) is 0 Å². The van der Waals surface area contributed by atoms with Crippen LogP contribution in [0.5, 0.6) is 0 Å². The van der Waals surface area contributed by atoms with Crippen LogP contribution in [-0.4, -0.2) is 52.3 Å². The van der Waals surface area contributed by atoms with E-state index in [1.807, 2.05) is 20.3 Å². The molecule has 0 atom stereocenters. The summed E-state index contributed by atoms with van der Waals surface area (Å²) in [4.78, 5) is 0. The van der Waals surface area contributed by atoms with Crippen LogP contribution in [0.4, 0.5) is 64.1 Å². The molecule has 0 aliphatic rings. The number of hydrogen-bond donors (Lipinski definition) is 3. The summed E-state index contributed by atoms with van der Waals surface area (Å²) in [5.74, 6) is 0. The standard InChI is InChI=1S/C20H14F12NO2.C19H18P.C5H9.C4H10O.C3H7.W/c1-9-3-5-13(11(7-9)15(34,17(21,22)23)18(24,25)26)33-14-6-4-10(2)8-12(14)16(35,19(27,28)29)20(30,31)32;1-20(17-11-5-2-6-12-17,18-13-7-3-8-14-18)19-15-9-4-10-16-19;1-5(2,3)4;1-4(2,3)5;1-3-2;/h3-8,34-35H,1-2H3;2-16H,1H3;1-3H3;5H,1-3H3;3H,1-2H3;/q-1;+1;;;-1;+1. The largest absolute Gasteiger partial charge is 0.657 e. The SMILES string of the molecule is CC(C)(C)O.CC(C)(C)[C]#[W+].C[CH-]C.C[P+](c1ccccc1)(c1ccccc1)c1ccccc1.Cc1ccc([N-]c2ccc(C)cc2C(O)(C(F)(F)F)C(F)(F)F)c(C(O)(C(F)(F)F)C(F)(F)F)c1. The van der Waals surface area contributed by atoms with Crippen molar-refractivity contribution in [2.45, 2.75) is 111 Å². The molecule has 0 amide bonds. The van der Waals surface area contributed by atoms with Gasteiger partial charge in [0.25, 0.3) is 11.2 Å². The Morgan fingerprint density at radius 1 is 0.478 bits per heavy atom. The minimum atomic E-state index is -6.42. The third-order valence-corrected chi connectivity index (χ3v) is 15.3. The number of halogens is 12. The molecule has 0 bridgehead atoms. The third-order valence-electron chi connectivity index (χ3n) is 9.09. The molecule has 18 heteroatoms. The smallest absolute Gasteiger partial charge is 0.430 e. The first-order chi connectivity index (χ1) is 31.3. The molecule has 5 aromatic rings. The van der Waals surface area contributed by atoms with Crippen molar-refractivity contribution in [3.05, 3.63) is 161 Å². The van der Waals surface area contributed by atoms with Crippen molar-refractivity contribution >= 4 is 34.6 Å². The average Bonchev–Trinajstić information content (AvgIpc) is 3.23. The summed E-state index contributed by atoms with van der Waals surface area (Å²) in [5.41, 5.74) is -18.8. The zero-order valence-corrected chi connectivity index (χ0v) is 43.7. The van der Waals surface area contributed by atoms with Crippen LogP contribution in [0.2, 0.25) is 0 Å². The molecule has 0 spiro atoms. The Kier molecular flexibility index (Phi) is 22.6. The van der Waals surface area contributed by atoms with Crippen molar-refractivity contribution in [1.29, 1.82) is 0 Å². The Morgan fingerprint density at radius 3 is 0.884 bits per heavy atom. The summed E-state index contributed by atoms with van der Waals surface area (Å²) in [6.07, 6.45) is -23.7. The van der Waals surface area contributed by atoms with Crippen LogP contribution in [0.1, 0.15) is 77.6 Å². The molecule has 69 heavy (non-hydrogen) atoms. The number of nitrogens with zero attached hydrogens (tertiary/aromatic N) is 1. The monoisotopic (exact) mass is 1180 g/mol. The molecule has 3 N–H and O–H groups in total. The van der Waals surface area contributed by atoms with Crippen molar-refractivity contribution in [2.24, 2.45) is 5.41 Å². The Balaban J connectivity index is 0.000000580. The van der Waals surface area contributed by atoms with Crippen LogP contribution in [0.15, 0.2) is 127 Å². The predicted molar refractivity (Wildman–Crippen MR) is 249 cm³/mol. The molecule has 0 aliphatic heterocycles. The number of hydrogen-bond acceptors (Lipinski definition) is 3. The molecule has 5 rings (SSSR count). The molecule has 0 saturated heterocycles. The van der Waals surface area contributed by atoms with E-state index in [0.717, 1.165) is 26.0 Å². The van der Waals surface area contributed by atoms with Gasteiger partial charge < -0.3 is 27.1 Å². The molecule has 0 aliphatic carbocycles. The maximum Gasteiger partial charge on any atom is 0.430 e. The predicted octanol–water partition coefficient (Wildman–Crippen LogP) is 14.4. The Bertz CT molecular complexity index is 2150. The van der Waals surface area contributed by atoms with Gasteiger partial charge in [0.05, 0.1) is 12.3 Å². The van der Waals surface area contributed by atoms with Crippen LogP contribution in [0, 0.1) is 29.9 Å². The maximum atomic E-state index is 13.4. The molecular weight excluding hydrogens is 1120 g/mol. The first-order valence-corrected chi connectivity index (χ1v) is 24.5. The van der Waals surface area contributed by atoms with E-state index in [1.54, 1.807) is 20.8 Å². The average molecular weight is 1180 g/mol.